The van der Waals surface area contributed by atoms with Crippen LogP contribution in [0.2, 0.25) is 0 Å². The molecule has 2 N–H and O–H groups in total. The van der Waals surface area contributed by atoms with E-state index in [1.165, 1.54) is 12.1 Å². The second-order valence-electron chi connectivity index (χ2n) is 6.65. The zero-order valence-corrected chi connectivity index (χ0v) is 17.4. The fourth-order valence-electron chi connectivity index (χ4n) is 2.57. The fourth-order valence-corrected chi connectivity index (χ4v) is 2.57. The van der Waals surface area contributed by atoms with E-state index in [-0.39, 0.29) is 19.6 Å². The Morgan fingerprint density at radius 2 is 1.78 bits per heavy atom. The van der Waals surface area contributed by atoms with Gasteiger partial charge in [0, 0.05) is 13.5 Å². The van der Waals surface area contributed by atoms with Gasteiger partial charge in [0.25, 0.3) is 0 Å². The second-order valence-corrected chi connectivity index (χ2v) is 6.65. The molecule has 3 amide bonds. The number of amides is 3. The van der Waals surface area contributed by atoms with Gasteiger partial charge >= 0.3 is 12.0 Å². The number of hydrogen-bond acceptors (Lipinski definition) is 8. The zero-order chi connectivity index (χ0) is 22.8. The standard InChI is InChI=1S/C22H22N4O6/c1-15-24-19(26-32-15)14-31-18-9-7-17(8-10-18)21(28)30-12-11-20(27)25-22(29)23-13-16-5-3-2-4-6-16/h2-10H,11-14H2,1H3,(H2,23,25,27,29). The number of aryl methyl sites for hydroxylation is 1. The molecule has 3 aromatic rings. The van der Waals surface area contributed by atoms with Crippen molar-refractivity contribution in [2.45, 2.75) is 26.5 Å². The highest BCUT2D eigenvalue weighted by Gasteiger charge is 2.11. The molecule has 3 rings (SSSR count). The summed E-state index contributed by atoms with van der Waals surface area (Å²) in [6, 6.07) is 15.0. The molecule has 0 saturated heterocycles. The van der Waals surface area contributed by atoms with E-state index in [2.05, 4.69) is 20.8 Å². The lowest BCUT2D eigenvalue weighted by Gasteiger charge is -2.08. The molecule has 1 heterocycles. The summed E-state index contributed by atoms with van der Waals surface area (Å²) in [7, 11) is 0. The first-order valence-corrected chi connectivity index (χ1v) is 9.80. The average Bonchev–Trinajstić information content (AvgIpc) is 3.22. The van der Waals surface area contributed by atoms with Crippen LogP contribution in [-0.4, -0.2) is 34.7 Å². The molecule has 1 aromatic heterocycles. The Morgan fingerprint density at radius 3 is 2.47 bits per heavy atom. The maximum atomic E-state index is 12.1. The number of nitrogens with zero attached hydrogens (tertiary/aromatic N) is 2. The first-order valence-electron chi connectivity index (χ1n) is 9.80. The van der Waals surface area contributed by atoms with Crippen molar-refractivity contribution in [3.63, 3.8) is 0 Å². The summed E-state index contributed by atoms with van der Waals surface area (Å²) in [5.41, 5.74) is 1.21. The number of nitrogens with one attached hydrogen (secondary N) is 2. The zero-order valence-electron chi connectivity index (χ0n) is 17.4. The number of esters is 1. The Morgan fingerprint density at radius 1 is 1.03 bits per heavy atom. The summed E-state index contributed by atoms with van der Waals surface area (Å²) >= 11 is 0. The van der Waals surface area contributed by atoms with Gasteiger partial charge in [-0.25, -0.2) is 9.59 Å². The van der Waals surface area contributed by atoms with Gasteiger partial charge in [-0.2, -0.15) is 4.98 Å². The first-order chi connectivity index (χ1) is 15.5. The normalized spacial score (nSPS) is 10.3. The molecule has 166 valence electrons. The molecule has 32 heavy (non-hydrogen) atoms. The highest BCUT2D eigenvalue weighted by Crippen LogP contribution is 2.14. The Balaban J connectivity index is 1.33. The molecular formula is C22H22N4O6. The summed E-state index contributed by atoms with van der Waals surface area (Å²) in [6.07, 6.45) is -0.143. The van der Waals surface area contributed by atoms with Crippen molar-refractivity contribution in [3.8, 4) is 5.75 Å². The number of carbonyl (C=O) groups excluding carboxylic acids is 3. The summed E-state index contributed by atoms with van der Waals surface area (Å²) in [6.45, 7) is 1.95. The number of carbonyl (C=O) groups is 3. The highest BCUT2D eigenvalue weighted by atomic mass is 16.5. The van der Waals surface area contributed by atoms with E-state index in [0.717, 1.165) is 5.56 Å². The molecule has 0 radical (unpaired) electrons. The maximum absolute atomic E-state index is 12.1. The molecule has 0 spiro atoms. The first kappa shape index (κ1) is 22.5. The van der Waals surface area contributed by atoms with Crippen molar-refractivity contribution >= 4 is 17.9 Å². The molecule has 10 nitrogen and oxygen atoms in total. The van der Waals surface area contributed by atoms with E-state index in [9.17, 15) is 14.4 Å². The van der Waals surface area contributed by atoms with Crippen LogP contribution in [0, 0.1) is 6.92 Å². The van der Waals surface area contributed by atoms with Crippen LogP contribution in [0.4, 0.5) is 4.79 Å². The van der Waals surface area contributed by atoms with E-state index in [1.807, 2.05) is 30.3 Å². The molecule has 0 saturated carbocycles. The van der Waals surface area contributed by atoms with E-state index in [0.29, 0.717) is 29.6 Å². The lowest BCUT2D eigenvalue weighted by atomic mass is 10.2. The van der Waals surface area contributed by atoms with Gasteiger partial charge in [0.15, 0.2) is 6.61 Å². The minimum absolute atomic E-state index is 0.134. The number of benzene rings is 2. The molecule has 0 bridgehead atoms. The van der Waals surface area contributed by atoms with Crippen LogP contribution in [0.15, 0.2) is 59.1 Å². The number of rotatable bonds is 9. The van der Waals surface area contributed by atoms with Crippen LogP contribution < -0.4 is 15.4 Å². The van der Waals surface area contributed by atoms with Crippen molar-refractivity contribution in [2.75, 3.05) is 6.61 Å². The van der Waals surface area contributed by atoms with Gasteiger partial charge < -0.3 is 19.3 Å². The van der Waals surface area contributed by atoms with Crippen molar-refractivity contribution < 1.29 is 28.4 Å². The van der Waals surface area contributed by atoms with Crippen molar-refractivity contribution in [3.05, 3.63) is 77.4 Å². The van der Waals surface area contributed by atoms with Gasteiger partial charge in [-0.3, -0.25) is 10.1 Å². The molecule has 0 aliphatic rings. The highest BCUT2D eigenvalue weighted by molar-refractivity contribution is 5.94. The number of imide groups is 1. The minimum atomic E-state index is -0.614. The molecule has 0 aliphatic heterocycles. The molecule has 2 aromatic carbocycles. The lowest BCUT2D eigenvalue weighted by Crippen LogP contribution is -2.39. The van der Waals surface area contributed by atoms with Crippen LogP contribution in [0.5, 0.6) is 5.75 Å². The topological polar surface area (TPSA) is 133 Å². The number of urea groups is 1. The monoisotopic (exact) mass is 438 g/mol. The minimum Gasteiger partial charge on any atom is -0.485 e. The Hall–Kier alpha value is -4.21. The number of ether oxygens (including phenoxy) is 2. The molecular weight excluding hydrogens is 416 g/mol. The van der Waals surface area contributed by atoms with Crippen LogP contribution in [-0.2, 0) is 22.7 Å². The van der Waals surface area contributed by atoms with E-state index in [4.69, 9.17) is 14.0 Å². The van der Waals surface area contributed by atoms with Crippen LogP contribution >= 0.6 is 0 Å². The molecule has 0 aliphatic carbocycles. The lowest BCUT2D eigenvalue weighted by molar-refractivity contribution is -0.120. The predicted octanol–water partition coefficient (Wildman–Crippen LogP) is 2.53. The maximum Gasteiger partial charge on any atom is 0.338 e. The number of hydrogen-bond donors (Lipinski definition) is 2. The summed E-state index contributed by atoms with van der Waals surface area (Å²) in [5.74, 6) is 0.238. The third-order valence-corrected chi connectivity index (χ3v) is 4.14. The van der Waals surface area contributed by atoms with Gasteiger partial charge in [0.1, 0.15) is 12.4 Å². The summed E-state index contributed by atoms with van der Waals surface area (Å²) in [5, 5.41) is 8.49. The average molecular weight is 438 g/mol. The quantitative estimate of drug-likeness (QED) is 0.487. The molecule has 10 heteroatoms. The van der Waals surface area contributed by atoms with Crippen LogP contribution in [0.3, 0.4) is 0 Å². The van der Waals surface area contributed by atoms with Gasteiger partial charge in [0.05, 0.1) is 12.0 Å². The molecule has 0 fully saturated rings. The predicted molar refractivity (Wildman–Crippen MR) is 112 cm³/mol. The van der Waals surface area contributed by atoms with Gasteiger partial charge in [-0.1, -0.05) is 35.5 Å². The third kappa shape index (κ3) is 7.24. The van der Waals surface area contributed by atoms with Gasteiger partial charge in [-0.15, -0.1) is 0 Å². The Bertz CT molecular complexity index is 1050. The van der Waals surface area contributed by atoms with Crippen molar-refractivity contribution in [1.82, 2.24) is 20.8 Å². The fraction of sp³-hybridized carbons (Fsp3) is 0.227. The Kier molecular flexibility index (Phi) is 7.90. The largest absolute Gasteiger partial charge is 0.485 e. The molecule has 0 unspecified atom stereocenters. The Labute approximate surface area is 183 Å². The summed E-state index contributed by atoms with van der Waals surface area (Å²) < 4.78 is 15.4. The van der Waals surface area contributed by atoms with Crippen molar-refractivity contribution in [2.24, 2.45) is 0 Å². The van der Waals surface area contributed by atoms with E-state index in [1.54, 1.807) is 19.1 Å². The van der Waals surface area contributed by atoms with Gasteiger partial charge in [0.2, 0.25) is 17.6 Å². The van der Waals surface area contributed by atoms with Gasteiger partial charge in [-0.05, 0) is 29.8 Å². The van der Waals surface area contributed by atoms with Crippen LogP contribution in [0.25, 0.3) is 0 Å². The second kappa shape index (κ2) is 11.3. The van der Waals surface area contributed by atoms with E-state index >= 15 is 0 Å². The third-order valence-electron chi connectivity index (χ3n) is 4.14. The summed E-state index contributed by atoms with van der Waals surface area (Å²) in [4.78, 5) is 39.7. The van der Waals surface area contributed by atoms with Crippen LogP contribution in [0.1, 0.15) is 34.1 Å². The molecule has 0 atom stereocenters. The number of aromatic nitrogens is 2. The van der Waals surface area contributed by atoms with E-state index < -0.39 is 17.9 Å². The van der Waals surface area contributed by atoms with Crippen molar-refractivity contribution in [1.29, 1.82) is 0 Å². The SMILES string of the molecule is Cc1nc(COc2ccc(C(=O)OCCC(=O)NC(=O)NCc3ccccc3)cc2)no1. The smallest absolute Gasteiger partial charge is 0.338 e.